The number of hydrogen-bond donors (Lipinski definition) is 2. The summed E-state index contributed by atoms with van der Waals surface area (Å²) >= 11 is 0. The molecule has 4 heteroatoms. The highest BCUT2D eigenvalue weighted by Gasteiger charge is 2.31. The summed E-state index contributed by atoms with van der Waals surface area (Å²) in [5, 5.41) is 0. The van der Waals surface area contributed by atoms with Crippen molar-refractivity contribution in [1.82, 2.24) is 0 Å². The maximum Gasteiger partial charge on any atom is 0.149 e. The van der Waals surface area contributed by atoms with Crippen LogP contribution in [0.15, 0.2) is 12.1 Å². The Balaban J connectivity index is 2.39. The van der Waals surface area contributed by atoms with E-state index in [2.05, 4.69) is 0 Å². The zero-order valence-electron chi connectivity index (χ0n) is 7.63. The fourth-order valence-electron chi connectivity index (χ4n) is 1.59. The molecule has 0 spiro atoms. The Labute approximate surface area is 80.9 Å². The normalized spacial score (nSPS) is 18.2. The van der Waals surface area contributed by atoms with E-state index in [1.54, 1.807) is 0 Å². The first kappa shape index (κ1) is 9.40. The summed E-state index contributed by atoms with van der Waals surface area (Å²) < 4.78 is 26.0. The van der Waals surface area contributed by atoms with Crippen LogP contribution < -0.4 is 11.5 Å². The molecule has 1 saturated carbocycles. The van der Waals surface area contributed by atoms with Crippen molar-refractivity contribution in [2.45, 2.75) is 18.9 Å². The molecule has 1 aromatic carbocycles. The van der Waals surface area contributed by atoms with Crippen molar-refractivity contribution in [2.75, 3.05) is 5.73 Å². The lowest BCUT2D eigenvalue weighted by Gasteiger charge is -2.13. The van der Waals surface area contributed by atoms with E-state index in [0.29, 0.717) is 11.5 Å². The second kappa shape index (κ2) is 3.20. The Morgan fingerprint density at radius 3 is 2.50 bits per heavy atom. The average Bonchev–Trinajstić information content (AvgIpc) is 2.93. The van der Waals surface area contributed by atoms with Gasteiger partial charge in [0.2, 0.25) is 0 Å². The molecule has 0 saturated heterocycles. The predicted molar refractivity (Wildman–Crippen MR) is 50.4 cm³/mol. The fraction of sp³-hybridized carbons (Fsp3) is 0.400. The van der Waals surface area contributed by atoms with E-state index in [1.165, 1.54) is 6.07 Å². The maximum absolute atomic E-state index is 13.1. The molecule has 1 atom stereocenters. The second-order valence-corrected chi connectivity index (χ2v) is 3.75. The summed E-state index contributed by atoms with van der Waals surface area (Å²) in [6.07, 6.45) is 2.03. The Morgan fingerprint density at radius 1 is 1.29 bits per heavy atom. The van der Waals surface area contributed by atoms with Gasteiger partial charge in [-0.25, -0.2) is 8.78 Å². The SMILES string of the molecule is Nc1c(F)cc(F)cc1C(N)C1CC1. The number of hydrogen-bond acceptors (Lipinski definition) is 2. The van der Waals surface area contributed by atoms with Crippen molar-refractivity contribution < 1.29 is 8.78 Å². The van der Waals surface area contributed by atoms with Crippen molar-refractivity contribution in [2.24, 2.45) is 11.7 Å². The Bertz CT molecular complexity index is 361. The van der Waals surface area contributed by atoms with E-state index in [4.69, 9.17) is 11.5 Å². The van der Waals surface area contributed by atoms with Crippen LogP contribution in [0.25, 0.3) is 0 Å². The number of rotatable bonds is 2. The predicted octanol–water partition coefficient (Wildman–Crippen LogP) is 1.96. The third kappa shape index (κ3) is 1.57. The van der Waals surface area contributed by atoms with Crippen LogP contribution in [0.4, 0.5) is 14.5 Å². The fourth-order valence-corrected chi connectivity index (χ4v) is 1.59. The molecule has 0 radical (unpaired) electrons. The van der Waals surface area contributed by atoms with Gasteiger partial charge in [-0.1, -0.05) is 0 Å². The van der Waals surface area contributed by atoms with Crippen LogP contribution in [0.3, 0.4) is 0 Å². The van der Waals surface area contributed by atoms with Crippen LogP contribution >= 0.6 is 0 Å². The Morgan fingerprint density at radius 2 is 1.93 bits per heavy atom. The van der Waals surface area contributed by atoms with Crippen LogP contribution in [0.5, 0.6) is 0 Å². The molecule has 76 valence electrons. The summed E-state index contributed by atoms with van der Waals surface area (Å²) in [6.45, 7) is 0. The van der Waals surface area contributed by atoms with Gasteiger partial charge in [0.05, 0.1) is 5.69 Å². The third-order valence-corrected chi connectivity index (χ3v) is 2.62. The van der Waals surface area contributed by atoms with Gasteiger partial charge in [-0.05, 0) is 30.4 Å². The number of nitrogen functional groups attached to an aromatic ring is 1. The van der Waals surface area contributed by atoms with Gasteiger partial charge in [0.15, 0.2) is 0 Å². The zero-order valence-corrected chi connectivity index (χ0v) is 7.63. The first-order valence-corrected chi connectivity index (χ1v) is 4.59. The standard InChI is InChI=1S/C10H12F2N2/c11-6-3-7(9(13)5-1-2-5)10(14)8(12)4-6/h3-5,9H,1-2,13-14H2. The largest absolute Gasteiger partial charge is 0.396 e. The molecule has 1 fully saturated rings. The monoisotopic (exact) mass is 198 g/mol. The van der Waals surface area contributed by atoms with Crippen LogP contribution in [0, 0.1) is 17.6 Å². The summed E-state index contributed by atoms with van der Waals surface area (Å²) in [4.78, 5) is 0. The lowest BCUT2D eigenvalue weighted by atomic mass is 10.0. The summed E-state index contributed by atoms with van der Waals surface area (Å²) in [6, 6.07) is 1.67. The molecule has 1 aliphatic rings. The van der Waals surface area contributed by atoms with Crippen LogP contribution in [0.2, 0.25) is 0 Å². The molecular weight excluding hydrogens is 186 g/mol. The molecule has 2 nitrogen and oxygen atoms in total. The average molecular weight is 198 g/mol. The summed E-state index contributed by atoms with van der Waals surface area (Å²) in [5.41, 5.74) is 11.7. The van der Waals surface area contributed by atoms with Crippen molar-refractivity contribution in [3.63, 3.8) is 0 Å². The van der Waals surface area contributed by atoms with Gasteiger partial charge in [0, 0.05) is 12.1 Å². The molecule has 2 rings (SSSR count). The van der Waals surface area contributed by atoms with Gasteiger partial charge < -0.3 is 11.5 Å². The maximum atomic E-state index is 13.1. The van der Waals surface area contributed by atoms with E-state index in [0.717, 1.165) is 18.9 Å². The first-order chi connectivity index (χ1) is 6.59. The Hall–Kier alpha value is -1.16. The molecule has 14 heavy (non-hydrogen) atoms. The highest BCUT2D eigenvalue weighted by molar-refractivity contribution is 5.50. The van der Waals surface area contributed by atoms with Crippen molar-refractivity contribution in [1.29, 1.82) is 0 Å². The van der Waals surface area contributed by atoms with Crippen LogP contribution in [-0.2, 0) is 0 Å². The minimum Gasteiger partial charge on any atom is -0.396 e. The Kier molecular flexibility index (Phi) is 2.15. The second-order valence-electron chi connectivity index (χ2n) is 3.75. The van der Waals surface area contributed by atoms with E-state index in [1.807, 2.05) is 0 Å². The van der Waals surface area contributed by atoms with E-state index in [9.17, 15) is 8.78 Å². The summed E-state index contributed by atoms with van der Waals surface area (Å²) in [7, 11) is 0. The molecule has 1 aromatic rings. The zero-order chi connectivity index (χ0) is 10.3. The van der Waals surface area contributed by atoms with E-state index in [-0.39, 0.29) is 11.7 Å². The highest BCUT2D eigenvalue weighted by atomic mass is 19.1. The van der Waals surface area contributed by atoms with E-state index < -0.39 is 11.6 Å². The molecule has 0 aliphatic heterocycles. The minimum atomic E-state index is -0.726. The molecule has 0 bridgehead atoms. The van der Waals surface area contributed by atoms with Gasteiger partial charge in [-0.2, -0.15) is 0 Å². The van der Waals surface area contributed by atoms with Crippen molar-refractivity contribution in [3.05, 3.63) is 29.3 Å². The smallest absolute Gasteiger partial charge is 0.149 e. The highest BCUT2D eigenvalue weighted by Crippen LogP contribution is 2.41. The third-order valence-electron chi connectivity index (χ3n) is 2.62. The van der Waals surface area contributed by atoms with Crippen LogP contribution in [-0.4, -0.2) is 0 Å². The number of benzene rings is 1. The number of anilines is 1. The van der Waals surface area contributed by atoms with Gasteiger partial charge in [-0.3, -0.25) is 0 Å². The summed E-state index contributed by atoms with van der Waals surface area (Å²) in [5.74, 6) is -1.02. The van der Waals surface area contributed by atoms with Crippen molar-refractivity contribution in [3.8, 4) is 0 Å². The minimum absolute atomic E-state index is 0.0224. The quantitative estimate of drug-likeness (QED) is 0.713. The first-order valence-electron chi connectivity index (χ1n) is 4.59. The molecule has 4 N–H and O–H groups in total. The van der Waals surface area contributed by atoms with Crippen LogP contribution in [0.1, 0.15) is 24.4 Å². The lowest BCUT2D eigenvalue weighted by Crippen LogP contribution is -2.15. The van der Waals surface area contributed by atoms with Gasteiger partial charge in [0.1, 0.15) is 11.6 Å². The lowest BCUT2D eigenvalue weighted by molar-refractivity contribution is 0.567. The van der Waals surface area contributed by atoms with E-state index >= 15 is 0 Å². The topological polar surface area (TPSA) is 52.0 Å². The molecule has 1 unspecified atom stereocenters. The molecule has 0 heterocycles. The molecular formula is C10H12F2N2. The van der Waals surface area contributed by atoms with Gasteiger partial charge >= 0.3 is 0 Å². The molecule has 1 aliphatic carbocycles. The van der Waals surface area contributed by atoms with Gasteiger partial charge in [0.25, 0.3) is 0 Å². The number of halogens is 2. The van der Waals surface area contributed by atoms with Crippen molar-refractivity contribution >= 4 is 5.69 Å². The number of nitrogens with two attached hydrogens (primary N) is 2. The molecule has 0 aromatic heterocycles. The van der Waals surface area contributed by atoms with Gasteiger partial charge in [-0.15, -0.1) is 0 Å². The molecule has 0 amide bonds.